The summed E-state index contributed by atoms with van der Waals surface area (Å²) in [5.41, 5.74) is 0.848. The highest BCUT2D eigenvalue weighted by Gasteiger charge is 2.19. The molecule has 0 bridgehead atoms. The molecule has 0 spiro atoms. The Kier molecular flexibility index (Phi) is 5.03. The van der Waals surface area contributed by atoms with Crippen LogP contribution in [0.15, 0.2) is 47.4 Å². The van der Waals surface area contributed by atoms with Crippen LogP contribution in [0.4, 0.5) is 5.69 Å². The largest absolute Gasteiger partial charge is 0.490 e. The van der Waals surface area contributed by atoms with Crippen LogP contribution in [0.2, 0.25) is 0 Å². The fourth-order valence-corrected chi connectivity index (χ4v) is 3.54. The number of ether oxygens (including phenoxy) is 2. The number of fused-ring (bicyclic) bond motifs is 1. The lowest BCUT2D eigenvalue weighted by molar-refractivity contribution is 0.0827. The van der Waals surface area contributed by atoms with Crippen molar-refractivity contribution in [2.24, 2.45) is 0 Å². The first-order valence-corrected chi connectivity index (χ1v) is 9.59. The Morgan fingerprint density at radius 3 is 2.31 bits per heavy atom. The van der Waals surface area contributed by atoms with Crippen molar-refractivity contribution in [2.45, 2.75) is 11.3 Å². The Hall–Kier alpha value is -2.74. The lowest BCUT2D eigenvalue weighted by atomic mass is 10.2. The second-order valence-corrected chi connectivity index (χ2v) is 7.72. The predicted octanol–water partition coefficient (Wildman–Crippen LogP) is 2.35. The number of rotatable bonds is 4. The highest BCUT2D eigenvalue weighted by atomic mass is 32.2. The van der Waals surface area contributed by atoms with E-state index in [9.17, 15) is 13.2 Å². The molecule has 0 fully saturated rings. The normalized spacial score (nSPS) is 13.6. The smallest absolute Gasteiger partial charge is 0.262 e. The molecule has 1 aliphatic rings. The average Bonchev–Trinajstić information content (AvgIpc) is 2.86. The molecule has 26 heavy (non-hydrogen) atoms. The van der Waals surface area contributed by atoms with Crippen molar-refractivity contribution in [1.29, 1.82) is 0 Å². The molecule has 1 N–H and O–H groups in total. The Labute approximate surface area is 152 Å². The van der Waals surface area contributed by atoms with Crippen LogP contribution in [0.5, 0.6) is 11.5 Å². The lowest BCUT2D eigenvalue weighted by Crippen LogP contribution is -2.21. The molecule has 0 unspecified atom stereocenters. The van der Waals surface area contributed by atoms with Crippen LogP contribution in [-0.4, -0.2) is 46.5 Å². The van der Waals surface area contributed by atoms with Crippen LogP contribution in [0.3, 0.4) is 0 Å². The van der Waals surface area contributed by atoms with Gasteiger partial charge in [0.2, 0.25) is 0 Å². The number of amides is 1. The van der Waals surface area contributed by atoms with Gasteiger partial charge in [0.25, 0.3) is 15.9 Å². The van der Waals surface area contributed by atoms with Gasteiger partial charge in [0.05, 0.1) is 18.1 Å². The van der Waals surface area contributed by atoms with E-state index in [1.165, 1.54) is 17.0 Å². The number of nitrogens with one attached hydrogen (secondary N) is 1. The van der Waals surface area contributed by atoms with Crippen molar-refractivity contribution < 1.29 is 22.7 Å². The molecular formula is C18H20N2O5S. The molecule has 0 aromatic heterocycles. The number of carbonyl (C=O) groups is 1. The van der Waals surface area contributed by atoms with Gasteiger partial charge in [-0.3, -0.25) is 9.52 Å². The van der Waals surface area contributed by atoms with E-state index in [1.807, 2.05) is 0 Å². The molecule has 2 aromatic carbocycles. The highest BCUT2D eigenvalue weighted by molar-refractivity contribution is 7.92. The molecule has 1 heterocycles. The minimum absolute atomic E-state index is 0.0789. The van der Waals surface area contributed by atoms with E-state index < -0.39 is 10.0 Å². The van der Waals surface area contributed by atoms with Gasteiger partial charge in [-0.25, -0.2) is 8.42 Å². The van der Waals surface area contributed by atoms with Crippen LogP contribution in [0.1, 0.15) is 16.8 Å². The van der Waals surface area contributed by atoms with Crippen molar-refractivity contribution in [1.82, 2.24) is 4.90 Å². The maximum atomic E-state index is 12.6. The summed E-state index contributed by atoms with van der Waals surface area (Å²) >= 11 is 0. The van der Waals surface area contributed by atoms with E-state index in [1.54, 1.807) is 44.4 Å². The third-order valence-electron chi connectivity index (χ3n) is 3.82. The van der Waals surface area contributed by atoms with Crippen LogP contribution in [0, 0.1) is 0 Å². The number of hydrogen-bond donors (Lipinski definition) is 1. The topological polar surface area (TPSA) is 84.9 Å². The molecule has 0 saturated carbocycles. The minimum Gasteiger partial charge on any atom is -0.490 e. The predicted molar refractivity (Wildman–Crippen MR) is 97.3 cm³/mol. The SMILES string of the molecule is CN(C)C(=O)c1ccc(NS(=O)(=O)c2ccc3c(c2)OCCCO3)cc1. The average molecular weight is 376 g/mol. The molecule has 1 aliphatic heterocycles. The highest BCUT2D eigenvalue weighted by Crippen LogP contribution is 2.32. The number of nitrogens with zero attached hydrogens (tertiary/aromatic N) is 1. The fraction of sp³-hybridized carbons (Fsp3) is 0.278. The summed E-state index contributed by atoms with van der Waals surface area (Å²) in [6, 6.07) is 10.8. The maximum absolute atomic E-state index is 12.6. The first-order valence-electron chi connectivity index (χ1n) is 8.11. The van der Waals surface area contributed by atoms with E-state index in [2.05, 4.69) is 4.72 Å². The van der Waals surface area contributed by atoms with E-state index in [0.29, 0.717) is 36.0 Å². The lowest BCUT2D eigenvalue weighted by Gasteiger charge is -2.13. The van der Waals surface area contributed by atoms with Gasteiger partial charge in [-0.15, -0.1) is 0 Å². The van der Waals surface area contributed by atoms with Crippen LogP contribution >= 0.6 is 0 Å². The molecule has 3 rings (SSSR count). The van der Waals surface area contributed by atoms with Gasteiger partial charge in [0.15, 0.2) is 11.5 Å². The first-order chi connectivity index (χ1) is 12.4. The molecular weight excluding hydrogens is 356 g/mol. The van der Waals surface area contributed by atoms with Crippen LogP contribution < -0.4 is 14.2 Å². The molecule has 7 nitrogen and oxygen atoms in total. The van der Waals surface area contributed by atoms with Crippen molar-refractivity contribution in [3.8, 4) is 11.5 Å². The van der Waals surface area contributed by atoms with Crippen molar-refractivity contribution in [2.75, 3.05) is 32.0 Å². The van der Waals surface area contributed by atoms with Crippen molar-refractivity contribution >= 4 is 21.6 Å². The Balaban J connectivity index is 1.81. The number of hydrogen-bond acceptors (Lipinski definition) is 5. The zero-order valence-corrected chi connectivity index (χ0v) is 15.4. The quantitative estimate of drug-likeness (QED) is 0.885. The summed E-state index contributed by atoms with van der Waals surface area (Å²) in [6.07, 6.45) is 0.743. The molecule has 1 amide bonds. The molecule has 2 aromatic rings. The molecule has 8 heteroatoms. The number of sulfonamides is 1. The van der Waals surface area contributed by atoms with E-state index in [0.717, 1.165) is 6.42 Å². The Bertz CT molecular complexity index is 908. The van der Waals surface area contributed by atoms with Gasteiger partial charge in [-0.1, -0.05) is 0 Å². The third kappa shape index (κ3) is 3.91. The van der Waals surface area contributed by atoms with Gasteiger partial charge >= 0.3 is 0 Å². The number of anilines is 1. The number of benzene rings is 2. The van der Waals surface area contributed by atoms with E-state index in [4.69, 9.17) is 9.47 Å². The minimum atomic E-state index is -3.79. The van der Waals surface area contributed by atoms with Gasteiger partial charge in [0, 0.05) is 37.8 Å². The molecule has 0 atom stereocenters. The zero-order chi connectivity index (χ0) is 18.7. The summed E-state index contributed by atoms with van der Waals surface area (Å²) < 4.78 is 38.8. The summed E-state index contributed by atoms with van der Waals surface area (Å²) in [4.78, 5) is 13.4. The van der Waals surface area contributed by atoms with E-state index >= 15 is 0 Å². The van der Waals surface area contributed by atoms with Crippen LogP contribution in [-0.2, 0) is 10.0 Å². The molecule has 0 saturated heterocycles. The number of carbonyl (C=O) groups excluding carboxylic acids is 1. The monoisotopic (exact) mass is 376 g/mol. The third-order valence-corrected chi connectivity index (χ3v) is 5.20. The van der Waals surface area contributed by atoms with Gasteiger partial charge in [-0.2, -0.15) is 0 Å². The summed E-state index contributed by atoms with van der Waals surface area (Å²) in [6.45, 7) is 1.01. The van der Waals surface area contributed by atoms with Crippen LogP contribution in [0.25, 0.3) is 0 Å². The standard InChI is InChI=1S/C18H20N2O5S/c1-20(2)18(21)13-4-6-14(7-5-13)19-26(22,23)15-8-9-16-17(12-15)25-11-3-10-24-16/h4-9,12,19H,3,10-11H2,1-2H3. The van der Waals surface area contributed by atoms with Gasteiger partial charge < -0.3 is 14.4 Å². The molecule has 0 radical (unpaired) electrons. The summed E-state index contributed by atoms with van der Waals surface area (Å²) in [7, 11) is -0.477. The molecule has 138 valence electrons. The summed E-state index contributed by atoms with van der Waals surface area (Å²) in [5.74, 6) is 0.799. The first kappa shape index (κ1) is 18.1. The molecule has 0 aliphatic carbocycles. The van der Waals surface area contributed by atoms with E-state index in [-0.39, 0.29) is 10.8 Å². The van der Waals surface area contributed by atoms with Crippen molar-refractivity contribution in [3.63, 3.8) is 0 Å². The second-order valence-electron chi connectivity index (χ2n) is 6.04. The van der Waals surface area contributed by atoms with Crippen molar-refractivity contribution in [3.05, 3.63) is 48.0 Å². The second kappa shape index (κ2) is 7.25. The maximum Gasteiger partial charge on any atom is 0.262 e. The Morgan fingerprint density at radius 2 is 1.65 bits per heavy atom. The summed E-state index contributed by atoms with van der Waals surface area (Å²) in [5, 5.41) is 0. The van der Waals surface area contributed by atoms with Gasteiger partial charge in [-0.05, 0) is 36.4 Å². The van der Waals surface area contributed by atoms with Gasteiger partial charge in [0.1, 0.15) is 0 Å². The zero-order valence-electron chi connectivity index (χ0n) is 14.6. The fourth-order valence-electron chi connectivity index (χ4n) is 2.46. The Morgan fingerprint density at radius 1 is 1.00 bits per heavy atom.